The van der Waals surface area contributed by atoms with Gasteiger partial charge >= 0.3 is 0 Å². The Morgan fingerprint density at radius 2 is 1.81 bits per heavy atom. The predicted molar refractivity (Wildman–Crippen MR) is 83.9 cm³/mol. The summed E-state index contributed by atoms with van der Waals surface area (Å²) < 4.78 is 11.4. The second-order valence-electron chi connectivity index (χ2n) is 5.92. The summed E-state index contributed by atoms with van der Waals surface area (Å²) in [4.78, 5) is 2.53. The minimum absolute atomic E-state index is 0.324. The molecule has 2 aliphatic rings. The average molecular weight is 290 g/mol. The fourth-order valence-electron chi connectivity index (χ4n) is 2.94. The molecule has 4 nitrogen and oxygen atoms in total. The fourth-order valence-corrected chi connectivity index (χ4v) is 2.94. The Hall–Kier alpha value is -1.10. The molecule has 0 aliphatic carbocycles. The number of ether oxygens (including phenoxy) is 2. The predicted octanol–water partition coefficient (Wildman–Crippen LogP) is 1.69. The van der Waals surface area contributed by atoms with E-state index in [1.54, 1.807) is 0 Å². The van der Waals surface area contributed by atoms with Gasteiger partial charge in [0.05, 0.1) is 13.2 Å². The second-order valence-corrected chi connectivity index (χ2v) is 5.92. The fraction of sp³-hybridized carbons (Fsp3) is 0.647. The summed E-state index contributed by atoms with van der Waals surface area (Å²) in [5, 5.41) is 3.39. The minimum atomic E-state index is 0.324. The minimum Gasteiger partial charge on any atom is -0.490 e. The molecule has 0 bridgehead atoms. The molecule has 0 spiro atoms. The van der Waals surface area contributed by atoms with Crippen LogP contribution >= 0.6 is 0 Å². The van der Waals surface area contributed by atoms with Gasteiger partial charge in [-0.25, -0.2) is 0 Å². The SMILES string of the molecule is c1cc(OC2CCOCC2)ccc1CCN1CCNCC1. The van der Waals surface area contributed by atoms with E-state index in [2.05, 4.69) is 34.5 Å². The van der Waals surface area contributed by atoms with Gasteiger partial charge in [-0.3, -0.25) is 0 Å². The van der Waals surface area contributed by atoms with Gasteiger partial charge in [0.15, 0.2) is 0 Å². The molecule has 0 saturated carbocycles. The zero-order valence-electron chi connectivity index (χ0n) is 12.7. The molecule has 0 aromatic heterocycles. The van der Waals surface area contributed by atoms with Crippen LogP contribution in [0.15, 0.2) is 24.3 Å². The van der Waals surface area contributed by atoms with Crippen LogP contribution in [0.25, 0.3) is 0 Å². The van der Waals surface area contributed by atoms with E-state index in [4.69, 9.17) is 9.47 Å². The Kier molecular flexibility index (Phi) is 5.49. The first kappa shape index (κ1) is 14.8. The third-order valence-corrected chi connectivity index (χ3v) is 4.32. The highest BCUT2D eigenvalue weighted by molar-refractivity contribution is 5.27. The number of nitrogens with one attached hydrogen (secondary N) is 1. The van der Waals surface area contributed by atoms with Crippen molar-refractivity contribution in [3.8, 4) is 5.75 Å². The van der Waals surface area contributed by atoms with E-state index < -0.39 is 0 Å². The number of nitrogens with zero attached hydrogens (tertiary/aromatic N) is 1. The first-order valence-corrected chi connectivity index (χ1v) is 8.16. The molecule has 2 aliphatic heterocycles. The molecule has 1 N–H and O–H groups in total. The van der Waals surface area contributed by atoms with Crippen molar-refractivity contribution in [2.45, 2.75) is 25.4 Å². The van der Waals surface area contributed by atoms with Crippen LogP contribution in [0, 0.1) is 0 Å². The molecule has 4 heteroatoms. The molecule has 21 heavy (non-hydrogen) atoms. The highest BCUT2D eigenvalue weighted by Gasteiger charge is 2.15. The van der Waals surface area contributed by atoms with Crippen LogP contribution in [0.2, 0.25) is 0 Å². The molecular formula is C17H26N2O2. The van der Waals surface area contributed by atoms with Crippen molar-refractivity contribution < 1.29 is 9.47 Å². The maximum atomic E-state index is 6.01. The Balaban J connectivity index is 1.44. The Labute approximate surface area is 127 Å². The van der Waals surface area contributed by atoms with Crippen molar-refractivity contribution in [1.82, 2.24) is 10.2 Å². The van der Waals surface area contributed by atoms with Gasteiger partial charge in [-0.15, -0.1) is 0 Å². The average Bonchev–Trinajstić information content (AvgIpc) is 2.56. The molecule has 1 aromatic rings. The number of hydrogen-bond acceptors (Lipinski definition) is 4. The molecule has 2 saturated heterocycles. The largest absolute Gasteiger partial charge is 0.490 e. The van der Waals surface area contributed by atoms with Crippen LogP contribution in [0.3, 0.4) is 0 Å². The Morgan fingerprint density at radius 3 is 2.52 bits per heavy atom. The lowest BCUT2D eigenvalue weighted by molar-refractivity contribution is 0.0255. The quantitative estimate of drug-likeness (QED) is 0.895. The second kappa shape index (κ2) is 7.78. The molecule has 2 heterocycles. The zero-order chi connectivity index (χ0) is 14.3. The van der Waals surface area contributed by atoms with E-state index in [0.717, 1.165) is 57.9 Å². The first-order valence-electron chi connectivity index (χ1n) is 8.16. The summed E-state index contributed by atoms with van der Waals surface area (Å²) >= 11 is 0. The van der Waals surface area contributed by atoms with Crippen molar-refractivity contribution in [2.24, 2.45) is 0 Å². The number of rotatable bonds is 5. The molecule has 0 atom stereocenters. The topological polar surface area (TPSA) is 33.7 Å². The lowest BCUT2D eigenvalue weighted by atomic mass is 10.1. The van der Waals surface area contributed by atoms with Crippen molar-refractivity contribution in [3.63, 3.8) is 0 Å². The van der Waals surface area contributed by atoms with Gasteiger partial charge in [-0.1, -0.05) is 12.1 Å². The van der Waals surface area contributed by atoms with Gasteiger partial charge in [-0.05, 0) is 24.1 Å². The third kappa shape index (κ3) is 4.70. The molecule has 0 amide bonds. The van der Waals surface area contributed by atoms with Crippen LogP contribution in [0.5, 0.6) is 5.75 Å². The monoisotopic (exact) mass is 290 g/mol. The van der Waals surface area contributed by atoms with Gasteiger partial charge in [0.25, 0.3) is 0 Å². The van der Waals surface area contributed by atoms with Crippen molar-refractivity contribution >= 4 is 0 Å². The molecular weight excluding hydrogens is 264 g/mol. The molecule has 1 aromatic carbocycles. The molecule has 0 radical (unpaired) electrons. The Morgan fingerprint density at radius 1 is 1.10 bits per heavy atom. The molecule has 116 valence electrons. The molecule has 3 rings (SSSR count). The highest BCUT2D eigenvalue weighted by atomic mass is 16.5. The van der Waals surface area contributed by atoms with E-state index in [1.807, 2.05) is 0 Å². The summed E-state index contributed by atoms with van der Waals surface area (Å²) in [6.45, 7) is 7.40. The van der Waals surface area contributed by atoms with Crippen molar-refractivity contribution in [3.05, 3.63) is 29.8 Å². The van der Waals surface area contributed by atoms with E-state index in [9.17, 15) is 0 Å². The lowest BCUT2D eigenvalue weighted by Gasteiger charge is -2.27. The van der Waals surface area contributed by atoms with Crippen LogP contribution in [0.4, 0.5) is 0 Å². The van der Waals surface area contributed by atoms with Gasteiger partial charge in [0, 0.05) is 45.6 Å². The number of piperazine rings is 1. The highest BCUT2D eigenvalue weighted by Crippen LogP contribution is 2.18. The normalized spacial score (nSPS) is 21.3. The summed E-state index contributed by atoms with van der Waals surface area (Å²) in [5.74, 6) is 0.993. The third-order valence-electron chi connectivity index (χ3n) is 4.32. The van der Waals surface area contributed by atoms with E-state index in [0.29, 0.717) is 6.10 Å². The van der Waals surface area contributed by atoms with E-state index in [1.165, 1.54) is 18.7 Å². The smallest absolute Gasteiger partial charge is 0.119 e. The van der Waals surface area contributed by atoms with Gasteiger partial charge in [-0.2, -0.15) is 0 Å². The molecule has 0 unspecified atom stereocenters. The van der Waals surface area contributed by atoms with Crippen LogP contribution in [0.1, 0.15) is 18.4 Å². The standard InChI is InChI=1S/C17H26N2O2/c1-3-16(21-17-6-13-20-14-7-17)4-2-15(1)5-10-19-11-8-18-9-12-19/h1-4,17-18H,5-14H2. The number of benzene rings is 1. The maximum absolute atomic E-state index is 6.01. The van der Waals surface area contributed by atoms with Gasteiger partial charge in [0.2, 0.25) is 0 Å². The number of hydrogen-bond donors (Lipinski definition) is 1. The van der Waals surface area contributed by atoms with E-state index >= 15 is 0 Å². The van der Waals surface area contributed by atoms with Gasteiger partial charge in [0.1, 0.15) is 11.9 Å². The van der Waals surface area contributed by atoms with Crippen LogP contribution < -0.4 is 10.1 Å². The summed E-state index contributed by atoms with van der Waals surface area (Å²) in [6.07, 6.45) is 3.46. The molecule has 2 fully saturated rings. The lowest BCUT2D eigenvalue weighted by Crippen LogP contribution is -2.44. The zero-order valence-corrected chi connectivity index (χ0v) is 12.7. The van der Waals surface area contributed by atoms with Crippen molar-refractivity contribution in [1.29, 1.82) is 0 Å². The Bertz CT molecular complexity index is 409. The summed E-state index contributed by atoms with van der Waals surface area (Å²) in [6, 6.07) is 8.64. The van der Waals surface area contributed by atoms with Crippen LogP contribution in [-0.4, -0.2) is 56.9 Å². The van der Waals surface area contributed by atoms with Crippen molar-refractivity contribution in [2.75, 3.05) is 45.9 Å². The maximum Gasteiger partial charge on any atom is 0.119 e. The summed E-state index contributed by atoms with van der Waals surface area (Å²) in [5.41, 5.74) is 1.40. The van der Waals surface area contributed by atoms with E-state index in [-0.39, 0.29) is 0 Å². The van der Waals surface area contributed by atoms with Gasteiger partial charge < -0.3 is 19.7 Å². The summed E-state index contributed by atoms with van der Waals surface area (Å²) in [7, 11) is 0. The first-order chi connectivity index (χ1) is 10.4. The van der Waals surface area contributed by atoms with Crippen LogP contribution in [-0.2, 0) is 11.2 Å².